The molecule has 1 aromatic carbocycles. The smallest absolute Gasteiger partial charge is 0.328 e. The lowest BCUT2D eigenvalue weighted by Crippen LogP contribution is -2.52. The molecule has 1 aliphatic rings. The molecule has 0 radical (unpaired) electrons. The molecule has 0 bridgehead atoms. The van der Waals surface area contributed by atoms with Crippen molar-refractivity contribution in [3.63, 3.8) is 0 Å². The molecule has 1 heterocycles. The van der Waals surface area contributed by atoms with Crippen molar-refractivity contribution in [3.05, 3.63) is 35.4 Å². The van der Waals surface area contributed by atoms with Crippen molar-refractivity contribution in [1.82, 2.24) is 15.5 Å². The molecule has 3 amide bonds. The number of carbonyl (C=O) groups excluding carboxylic acids is 3. The van der Waals surface area contributed by atoms with Crippen molar-refractivity contribution in [2.45, 2.75) is 38.8 Å². The van der Waals surface area contributed by atoms with E-state index in [4.69, 9.17) is 4.74 Å². The second kappa shape index (κ2) is 9.05. The molecule has 136 valence electrons. The zero-order valence-electron chi connectivity index (χ0n) is 14.7. The second-order valence-electron chi connectivity index (χ2n) is 6.14. The molecule has 0 saturated carbocycles. The van der Waals surface area contributed by atoms with Gasteiger partial charge in [-0.25, -0.2) is 9.59 Å². The van der Waals surface area contributed by atoms with Gasteiger partial charge in [0.25, 0.3) is 0 Å². The Labute approximate surface area is 147 Å². The van der Waals surface area contributed by atoms with Crippen molar-refractivity contribution in [3.8, 4) is 0 Å². The summed E-state index contributed by atoms with van der Waals surface area (Å²) in [6.07, 6.45) is 2.32. The molecular formula is C18H25N3O4. The van der Waals surface area contributed by atoms with Crippen molar-refractivity contribution < 1.29 is 19.1 Å². The van der Waals surface area contributed by atoms with E-state index < -0.39 is 18.0 Å². The number of hydrogen-bond acceptors (Lipinski definition) is 4. The van der Waals surface area contributed by atoms with Gasteiger partial charge >= 0.3 is 12.0 Å². The van der Waals surface area contributed by atoms with Gasteiger partial charge in [0, 0.05) is 13.1 Å². The van der Waals surface area contributed by atoms with Gasteiger partial charge in [0.2, 0.25) is 5.91 Å². The van der Waals surface area contributed by atoms with Crippen molar-refractivity contribution in [2.24, 2.45) is 0 Å². The summed E-state index contributed by atoms with van der Waals surface area (Å²) >= 11 is 0. The molecular weight excluding hydrogens is 322 g/mol. The minimum Gasteiger partial charge on any atom is -0.467 e. The van der Waals surface area contributed by atoms with Gasteiger partial charge in [-0.2, -0.15) is 0 Å². The predicted octanol–water partition coefficient (Wildman–Crippen LogP) is 1.35. The number of nitrogens with one attached hydrogen (secondary N) is 2. The Morgan fingerprint density at radius 2 is 1.88 bits per heavy atom. The Morgan fingerprint density at radius 3 is 2.56 bits per heavy atom. The third-order valence-electron chi connectivity index (χ3n) is 4.27. The number of rotatable bonds is 5. The first kappa shape index (κ1) is 18.8. The summed E-state index contributed by atoms with van der Waals surface area (Å²) in [6.45, 7) is 2.74. The second-order valence-corrected chi connectivity index (χ2v) is 6.14. The van der Waals surface area contributed by atoms with Gasteiger partial charge in [0.05, 0.1) is 13.7 Å². The lowest BCUT2D eigenvalue weighted by molar-refractivity contribution is -0.154. The number of benzene rings is 1. The molecule has 1 aliphatic heterocycles. The van der Waals surface area contributed by atoms with Crippen LogP contribution in [0, 0.1) is 6.92 Å². The van der Waals surface area contributed by atoms with E-state index in [0.717, 1.165) is 24.0 Å². The van der Waals surface area contributed by atoms with E-state index >= 15 is 0 Å². The lowest BCUT2D eigenvalue weighted by atomic mass is 10.0. The van der Waals surface area contributed by atoms with Crippen LogP contribution in [-0.2, 0) is 20.9 Å². The quantitative estimate of drug-likeness (QED) is 0.787. The normalized spacial score (nSPS) is 16.9. The minimum absolute atomic E-state index is 0.146. The van der Waals surface area contributed by atoms with Crippen LogP contribution in [0.2, 0.25) is 0 Å². The van der Waals surface area contributed by atoms with E-state index in [2.05, 4.69) is 10.6 Å². The van der Waals surface area contributed by atoms with Crippen LogP contribution in [0.25, 0.3) is 0 Å². The highest BCUT2D eigenvalue weighted by atomic mass is 16.5. The maximum atomic E-state index is 12.3. The fraction of sp³-hybridized carbons (Fsp3) is 0.500. The summed E-state index contributed by atoms with van der Waals surface area (Å²) in [5.41, 5.74) is 2.13. The van der Waals surface area contributed by atoms with Crippen LogP contribution in [0.3, 0.4) is 0 Å². The van der Waals surface area contributed by atoms with Gasteiger partial charge < -0.3 is 20.3 Å². The predicted molar refractivity (Wildman–Crippen MR) is 92.8 cm³/mol. The minimum atomic E-state index is -0.552. The van der Waals surface area contributed by atoms with Gasteiger partial charge in [-0.15, -0.1) is 0 Å². The van der Waals surface area contributed by atoms with E-state index in [1.165, 1.54) is 12.0 Å². The SMILES string of the molecule is COC(=O)[C@H]1CCCCN1C(=O)CNC(=O)NCc1ccc(C)cc1. The maximum Gasteiger partial charge on any atom is 0.328 e. The molecule has 2 rings (SSSR count). The molecule has 1 aromatic rings. The summed E-state index contributed by atoms with van der Waals surface area (Å²) in [5.74, 6) is -0.683. The number of carbonyl (C=O) groups is 3. The standard InChI is InChI=1S/C18H25N3O4/c1-13-6-8-14(9-7-13)11-19-18(24)20-12-16(22)21-10-4-3-5-15(21)17(23)25-2/h6-9,15H,3-5,10-12H2,1-2H3,(H2,19,20,24)/t15-/m1/s1. The van der Waals surface area contributed by atoms with E-state index in [1.54, 1.807) is 0 Å². The van der Waals surface area contributed by atoms with Gasteiger partial charge in [-0.05, 0) is 31.7 Å². The summed E-state index contributed by atoms with van der Waals surface area (Å²) in [6, 6.07) is 6.86. The van der Waals surface area contributed by atoms with Crippen LogP contribution in [0.15, 0.2) is 24.3 Å². The Bertz CT molecular complexity index is 615. The first-order valence-electron chi connectivity index (χ1n) is 8.46. The number of ether oxygens (including phenoxy) is 1. The summed E-state index contributed by atoms with van der Waals surface area (Å²) in [7, 11) is 1.32. The number of urea groups is 1. The fourth-order valence-corrected chi connectivity index (χ4v) is 2.82. The topological polar surface area (TPSA) is 87.7 Å². The molecule has 1 fully saturated rings. The summed E-state index contributed by atoms with van der Waals surface area (Å²) < 4.78 is 4.76. The van der Waals surface area contributed by atoms with Crippen LogP contribution in [0.5, 0.6) is 0 Å². The summed E-state index contributed by atoms with van der Waals surface area (Å²) in [4.78, 5) is 37.5. The molecule has 0 spiro atoms. The van der Waals surface area contributed by atoms with Crippen LogP contribution in [0.4, 0.5) is 4.79 Å². The summed E-state index contributed by atoms with van der Waals surface area (Å²) in [5, 5.41) is 5.25. The number of nitrogens with zero attached hydrogens (tertiary/aromatic N) is 1. The number of amides is 3. The lowest BCUT2D eigenvalue weighted by Gasteiger charge is -2.33. The zero-order chi connectivity index (χ0) is 18.2. The Kier molecular flexibility index (Phi) is 6.80. The number of esters is 1. The van der Waals surface area contributed by atoms with E-state index in [1.807, 2.05) is 31.2 Å². The van der Waals surface area contributed by atoms with E-state index in [-0.39, 0.29) is 12.5 Å². The molecule has 0 unspecified atom stereocenters. The zero-order valence-corrected chi connectivity index (χ0v) is 14.7. The van der Waals surface area contributed by atoms with Crippen LogP contribution in [0.1, 0.15) is 30.4 Å². The number of piperidine rings is 1. The average molecular weight is 347 g/mol. The first-order chi connectivity index (χ1) is 12.0. The highest BCUT2D eigenvalue weighted by Gasteiger charge is 2.32. The highest BCUT2D eigenvalue weighted by molar-refractivity contribution is 5.88. The van der Waals surface area contributed by atoms with Gasteiger partial charge in [-0.1, -0.05) is 29.8 Å². The maximum absolute atomic E-state index is 12.3. The van der Waals surface area contributed by atoms with E-state index in [9.17, 15) is 14.4 Å². The molecule has 0 aromatic heterocycles. The third-order valence-corrected chi connectivity index (χ3v) is 4.27. The fourth-order valence-electron chi connectivity index (χ4n) is 2.82. The van der Waals surface area contributed by atoms with Gasteiger partial charge in [0.1, 0.15) is 6.04 Å². The molecule has 1 saturated heterocycles. The van der Waals surface area contributed by atoms with Crippen LogP contribution in [-0.4, -0.2) is 49.0 Å². The molecule has 1 atom stereocenters. The third kappa shape index (κ3) is 5.48. The van der Waals surface area contributed by atoms with Crippen molar-refractivity contribution in [1.29, 1.82) is 0 Å². The Morgan fingerprint density at radius 1 is 1.16 bits per heavy atom. The Balaban J connectivity index is 1.78. The van der Waals surface area contributed by atoms with E-state index in [0.29, 0.717) is 19.5 Å². The molecule has 7 nitrogen and oxygen atoms in total. The molecule has 25 heavy (non-hydrogen) atoms. The molecule has 2 N–H and O–H groups in total. The van der Waals surface area contributed by atoms with Crippen LogP contribution >= 0.6 is 0 Å². The largest absolute Gasteiger partial charge is 0.467 e. The number of likely N-dealkylation sites (tertiary alicyclic amines) is 1. The average Bonchev–Trinajstić information content (AvgIpc) is 2.65. The molecule has 7 heteroatoms. The van der Waals surface area contributed by atoms with Crippen LogP contribution < -0.4 is 10.6 Å². The Hall–Kier alpha value is -2.57. The highest BCUT2D eigenvalue weighted by Crippen LogP contribution is 2.18. The van der Waals surface area contributed by atoms with Crippen molar-refractivity contribution >= 4 is 17.9 Å². The number of hydrogen-bond donors (Lipinski definition) is 2. The number of methoxy groups -OCH3 is 1. The monoisotopic (exact) mass is 347 g/mol. The number of aryl methyl sites for hydroxylation is 1. The van der Waals surface area contributed by atoms with Gasteiger partial charge in [-0.3, -0.25) is 4.79 Å². The first-order valence-corrected chi connectivity index (χ1v) is 8.46. The van der Waals surface area contributed by atoms with Gasteiger partial charge in [0.15, 0.2) is 0 Å². The molecule has 0 aliphatic carbocycles. The van der Waals surface area contributed by atoms with Crippen molar-refractivity contribution in [2.75, 3.05) is 20.2 Å².